The molecule has 470 valence electrons. The highest BCUT2D eigenvalue weighted by atomic mass is 15.2. The van der Waals surface area contributed by atoms with Gasteiger partial charge in [0, 0.05) is 67.0 Å². The topological polar surface area (TPSA) is 13.0 Å². The lowest BCUT2D eigenvalue weighted by molar-refractivity contribution is 1.26. The Morgan fingerprint density at radius 2 is 0.330 bits per heavy atom. The third-order valence-corrected chi connectivity index (χ3v) is 19.7. The van der Waals surface area contributed by atoms with Crippen molar-refractivity contribution in [2.45, 2.75) is 0 Å². The number of hydrogen-bond acceptors (Lipinski definition) is 4. The van der Waals surface area contributed by atoms with Crippen LogP contribution in [0, 0.1) is 0 Å². The molecular weight excluding hydrogens is 1210 g/mol. The lowest BCUT2D eigenvalue weighted by Crippen LogP contribution is -2.14. The molecule has 0 heterocycles. The molecule has 100 heavy (non-hydrogen) atoms. The largest absolute Gasteiger partial charge is 0.310 e. The summed E-state index contributed by atoms with van der Waals surface area (Å²) in [4.78, 5) is 9.76. The third-order valence-electron chi connectivity index (χ3n) is 19.7. The molecule has 0 amide bonds. The van der Waals surface area contributed by atoms with Gasteiger partial charge < -0.3 is 19.6 Å². The van der Waals surface area contributed by atoms with E-state index >= 15 is 0 Å². The highest BCUT2D eigenvalue weighted by Crippen LogP contribution is 2.51. The van der Waals surface area contributed by atoms with E-state index in [1.54, 1.807) is 0 Å². The van der Waals surface area contributed by atoms with E-state index in [0.29, 0.717) is 0 Å². The molecule has 0 unspecified atom stereocenters. The van der Waals surface area contributed by atoms with Crippen LogP contribution in [0.3, 0.4) is 0 Å². The zero-order valence-corrected chi connectivity index (χ0v) is 54.9. The number of benzene rings is 18. The number of nitrogens with zero attached hydrogens (tertiary/aromatic N) is 4. The van der Waals surface area contributed by atoms with Crippen molar-refractivity contribution in [3.63, 3.8) is 0 Å². The van der Waals surface area contributed by atoms with Crippen LogP contribution in [-0.2, 0) is 0 Å². The van der Waals surface area contributed by atoms with Gasteiger partial charge in [-0.25, -0.2) is 0 Å². The van der Waals surface area contributed by atoms with Crippen molar-refractivity contribution in [3.8, 4) is 33.4 Å². The summed E-state index contributed by atoms with van der Waals surface area (Å²) in [6.07, 6.45) is 0. The van der Waals surface area contributed by atoms with Gasteiger partial charge in [-0.2, -0.15) is 0 Å². The first-order chi connectivity index (χ1) is 49.6. The van der Waals surface area contributed by atoms with Crippen molar-refractivity contribution in [3.05, 3.63) is 400 Å². The fourth-order valence-corrected chi connectivity index (χ4v) is 15.2. The Bertz CT molecular complexity index is 5390. The molecule has 0 N–H and O–H groups in total. The minimum Gasteiger partial charge on any atom is -0.310 e. The van der Waals surface area contributed by atoms with Crippen LogP contribution in [0.15, 0.2) is 400 Å². The highest BCUT2D eigenvalue weighted by Gasteiger charge is 2.26. The molecular formula is C96H66N4. The van der Waals surface area contributed by atoms with Crippen LogP contribution in [-0.4, -0.2) is 0 Å². The summed E-state index contributed by atoms with van der Waals surface area (Å²) < 4.78 is 0. The van der Waals surface area contributed by atoms with E-state index in [-0.39, 0.29) is 0 Å². The van der Waals surface area contributed by atoms with Crippen LogP contribution in [0.5, 0.6) is 0 Å². The van der Waals surface area contributed by atoms with Crippen LogP contribution in [0.2, 0.25) is 0 Å². The van der Waals surface area contributed by atoms with Crippen LogP contribution < -0.4 is 19.6 Å². The van der Waals surface area contributed by atoms with Gasteiger partial charge in [0.1, 0.15) is 0 Å². The minimum absolute atomic E-state index is 1.03. The summed E-state index contributed by atoms with van der Waals surface area (Å²) in [7, 11) is 0. The van der Waals surface area contributed by atoms with E-state index in [4.69, 9.17) is 0 Å². The predicted molar refractivity (Wildman–Crippen MR) is 427 cm³/mol. The van der Waals surface area contributed by atoms with E-state index < -0.39 is 0 Å². The van der Waals surface area contributed by atoms with Gasteiger partial charge in [-0.3, -0.25) is 0 Å². The number of hydrogen-bond donors (Lipinski definition) is 0. The molecule has 18 aromatic carbocycles. The summed E-state index contributed by atoms with van der Waals surface area (Å²) in [6.45, 7) is 0. The van der Waals surface area contributed by atoms with Gasteiger partial charge in [-0.15, -0.1) is 0 Å². The summed E-state index contributed by atoms with van der Waals surface area (Å²) in [5.41, 5.74) is 19.5. The highest BCUT2D eigenvalue weighted by molar-refractivity contribution is 6.14. The maximum atomic E-state index is 2.44. The van der Waals surface area contributed by atoms with Gasteiger partial charge in [-0.05, 0) is 186 Å². The molecule has 0 atom stereocenters. The molecule has 0 fully saturated rings. The van der Waals surface area contributed by atoms with Crippen molar-refractivity contribution in [2.24, 2.45) is 0 Å². The van der Waals surface area contributed by atoms with E-state index in [2.05, 4.69) is 420 Å². The number of anilines is 12. The van der Waals surface area contributed by atoms with E-state index in [0.717, 1.165) is 112 Å². The molecule has 0 bridgehead atoms. The van der Waals surface area contributed by atoms with E-state index in [1.165, 1.54) is 53.9 Å². The summed E-state index contributed by atoms with van der Waals surface area (Å²) in [6, 6.07) is 147. The summed E-state index contributed by atoms with van der Waals surface area (Å²) in [5, 5.41) is 14.0. The molecule has 0 aromatic heterocycles. The van der Waals surface area contributed by atoms with Crippen LogP contribution in [0.25, 0.3) is 98.0 Å². The molecule has 18 aromatic rings. The second-order valence-corrected chi connectivity index (χ2v) is 25.6. The van der Waals surface area contributed by atoms with Gasteiger partial charge in [0.15, 0.2) is 0 Å². The number of rotatable bonds is 15. The Hall–Kier alpha value is -13.3. The fraction of sp³-hybridized carbons (Fsp3) is 0. The Labute approximate surface area is 582 Å². The summed E-state index contributed by atoms with van der Waals surface area (Å²) >= 11 is 0. The average Bonchev–Trinajstić information content (AvgIpc) is 0.773. The first-order valence-electron chi connectivity index (χ1n) is 34.3. The molecule has 0 aliphatic rings. The zero-order valence-electron chi connectivity index (χ0n) is 54.9. The second-order valence-electron chi connectivity index (χ2n) is 25.6. The van der Waals surface area contributed by atoms with Crippen LogP contribution in [0.1, 0.15) is 0 Å². The van der Waals surface area contributed by atoms with Gasteiger partial charge in [0.05, 0.1) is 22.7 Å². The van der Waals surface area contributed by atoms with Gasteiger partial charge >= 0.3 is 0 Å². The number of fused-ring (bicyclic) bond motifs is 6. The van der Waals surface area contributed by atoms with Gasteiger partial charge in [0.2, 0.25) is 0 Å². The van der Waals surface area contributed by atoms with Crippen molar-refractivity contribution < 1.29 is 0 Å². The second kappa shape index (κ2) is 25.7. The van der Waals surface area contributed by atoms with Crippen LogP contribution in [0.4, 0.5) is 68.2 Å². The van der Waals surface area contributed by atoms with Crippen molar-refractivity contribution in [2.75, 3.05) is 19.6 Å². The molecule has 0 saturated heterocycles. The van der Waals surface area contributed by atoms with E-state index in [9.17, 15) is 0 Å². The van der Waals surface area contributed by atoms with E-state index in [1.807, 2.05) is 0 Å². The normalized spacial score (nSPS) is 11.4. The smallest absolute Gasteiger partial charge is 0.0540 e. The zero-order chi connectivity index (χ0) is 66.3. The van der Waals surface area contributed by atoms with Crippen molar-refractivity contribution in [1.29, 1.82) is 0 Å². The standard InChI is InChI=1S/C96H66N4/c1-5-37-73(38-6-1)97(93-53-25-33-67-29-13-17-45-83(67)93)77-61-71(62-78(65-77)98(74-39-7-2-8-40-74)94-54-26-34-68-30-14-18-46-84(68)94)81-57-59-91(89-51-23-21-49-87(81)89)92-60-58-82(88-50-22-24-52-90(88)92)72-63-79(99(75-41-9-3-10-42-75)95-55-27-35-69-31-15-19-47-85(69)95)66-80(64-72)100(76-43-11-4-12-44-76)96-56-28-36-70-32-16-20-48-86(70)96/h1-66H. The SMILES string of the molecule is c1ccc(N(c2cc(-c3ccc(-c4ccc(-c5cc(N(c6ccccc6)c6cccc7ccccc67)cc(N(c6ccccc6)c6cccc7ccccc67)c5)c5ccccc45)c4ccccc34)cc(N(c3ccccc3)c3cccc4ccccc34)c2)c2cccc3ccccc23)cc1. The predicted octanol–water partition coefficient (Wildman–Crippen LogP) is 27.5. The molecule has 0 aliphatic carbocycles. The molecule has 4 heteroatoms. The molecule has 0 radical (unpaired) electrons. The monoisotopic (exact) mass is 1270 g/mol. The Morgan fingerprint density at radius 3 is 0.590 bits per heavy atom. The van der Waals surface area contributed by atoms with Crippen molar-refractivity contribution in [1.82, 2.24) is 0 Å². The molecule has 18 rings (SSSR count). The van der Waals surface area contributed by atoms with Crippen LogP contribution >= 0.6 is 0 Å². The molecule has 4 nitrogen and oxygen atoms in total. The van der Waals surface area contributed by atoms with Gasteiger partial charge in [0.25, 0.3) is 0 Å². The fourth-order valence-electron chi connectivity index (χ4n) is 15.2. The first-order valence-corrected chi connectivity index (χ1v) is 34.3. The third kappa shape index (κ3) is 10.8. The van der Waals surface area contributed by atoms with Gasteiger partial charge in [-0.1, -0.05) is 291 Å². The molecule has 0 saturated carbocycles. The Kier molecular flexibility index (Phi) is 15.2. The Balaban J connectivity index is 0.847. The number of para-hydroxylation sites is 4. The minimum atomic E-state index is 1.03. The average molecular weight is 1280 g/mol. The summed E-state index contributed by atoms with van der Waals surface area (Å²) in [5.74, 6) is 0. The first kappa shape index (κ1) is 59.2. The molecule has 0 spiro atoms. The lowest BCUT2D eigenvalue weighted by atomic mass is 9.87. The maximum Gasteiger partial charge on any atom is 0.0540 e. The Morgan fingerprint density at radius 1 is 0.130 bits per heavy atom. The van der Waals surface area contributed by atoms with Crippen molar-refractivity contribution >= 4 is 133 Å². The quantitative estimate of drug-likeness (QED) is 0.101. The molecule has 0 aliphatic heterocycles. The maximum absolute atomic E-state index is 2.44. The lowest BCUT2D eigenvalue weighted by Gasteiger charge is -2.31.